The lowest BCUT2D eigenvalue weighted by Crippen LogP contribution is -2.48. The number of ether oxygens (including phenoxy) is 1. The Hall–Kier alpha value is -2.78. The second-order valence-corrected chi connectivity index (χ2v) is 8.39. The number of hydrogen-bond donors (Lipinski definition) is 0. The highest BCUT2D eigenvalue weighted by Gasteiger charge is 2.24. The molecule has 0 aromatic carbocycles. The van der Waals surface area contributed by atoms with Gasteiger partial charge >= 0.3 is 5.97 Å². The molecule has 1 aliphatic rings. The van der Waals surface area contributed by atoms with Gasteiger partial charge in [0.25, 0.3) is 5.91 Å². The first-order chi connectivity index (χ1) is 14.2. The molecule has 7 nitrogen and oxygen atoms in total. The molecule has 3 aromatic rings. The zero-order valence-corrected chi connectivity index (χ0v) is 17.5. The lowest BCUT2D eigenvalue weighted by Gasteiger charge is -2.35. The fourth-order valence-electron chi connectivity index (χ4n) is 3.09. The molecule has 0 bridgehead atoms. The van der Waals surface area contributed by atoms with E-state index in [0.717, 1.165) is 15.7 Å². The smallest absolute Gasteiger partial charge is 0.339 e. The molecule has 1 saturated heterocycles. The van der Waals surface area contributed by atoms with E-state index in [9.17, 15) is 9.59 Å². The third-order valence-electron chi connectivity index (χ3n) is 4.60. The van der Waals surface area contributed by atoms with Crippen LogP contribution in [-0.2, 0) is 4.74 Å². The first-order valence-corrected chi connectivity index (χ1v) is 11.0. The number of piperazine rings is 1. The van der Waals surface area contributed by atoms with E-state index in [-0.39, 0.29) is 11.9 Å². The van der Waals surface area contributed by atoms with Crippen LogP contribution in [0.4, 0.5) is 5.82 Å². The van der Waals surface area contributed by atoms with Crippen molar-refractivity contribution in [1.29, 1.82) is 0 Å². The Labute approximate surface area is 176 Å². The minimum absolute atomic E-state index is 0.0237. The van der Waals surface area contributed by atoms with Crippen molar-refractivity contribution in [2.45, 2.75) is 6.92 Å². The Morgan fingerprint density at radius 3 is 2.59 bits per heavy atom. The monoisotopic (exact) mass is 428 g/mol. The van der Waals surface area contributed by atoms with Crippen LogP contribution in [0.2, 0.25) is 0 Å². The van der Waals surface area contributed by atoms with E-state index >= 15 is 0 Å². The molecule has 150 valence electrons. The Morgan fingerprint density at radius 1 is 1.10 bits per heavy atom. The van der Waals surface area contributed by atoms with Crippen molar-refractivity contribution in [2.75, 3.05) is 37.7 Å². The van der Waals surface area contributed by atoms with Crippen molar-refractivity contribution >= 4 is 40.4 Å². The van der Waals surface area contributed by atoms with Gasteiger partial charge in [0.1, 0.15) is 15.7 Å². The standard InChI is InChI=1S/C20H20N4O3S2/c1-2-27-20(26)14-5-6-17(21-12-14)23-7-9-24(10-8-23)19(25)16-13-22-18(29-16)15-4-3-11-28-15/h3-6,11-13H,2,7-10H2,1H3. The number of anilines is 1. The Balaban J connectivity index is 1.35. The number of thiazole rings is 1. The van der Waals surface area contributed by atoms with Crippen LogP contribution in [0.5, 0.6) is 0 Å². The molecule has 1 fully saturated rings. The molecule has 0 saturated carbocycles. The summed E-state index contributed by atoms with van der Waals surface area (Å²) in [5.74, 6) is 0.451. The second-order valence-electron chi connectivity index (χ2n) is 6.41. The molecule has 0 atom stereocenters. The van der Waals surface area contributed by atoms with Crippen molar-refractivity contribution < 1.29 is 14.3 Å². The SMILES string of the molecule is CCOC(=O)c1ccc(N2CCN(C(=O)c3cnc(-c4cccs4)s3)CC2)nc1. The summed E-state index contributed by atoms with van der Waals surface area (Å²) in [7, 11) is 0. The van der Waals surface area contributed by atoms with Crippen LogP contribution >= 0.6 is 22.7 Å². The van der Waals surface area contributed by atoms with E-state index in [1.165, 1.54) is 17.5 Å². The van der Waals surface area contributed by atoms with Gasteiger partial charge in [-0.1, -0.05) is 6.07 Å². The third-order valence-corrected chi connectivity index (χ3v) is 6.62. The predicted octanol–water partition coefficient (Wildman–Crippen LogP) is 3.41. The number of carbonyl (C=O) groups is 2. The van der Waals surface area contributed by atoms with Gasteiger partial charge in [0, 0.05) is 32.4 Å². The highest BCUT2D eigenvalue weighted by Crippen LogP contribution is 2.29. The summed E-state index contributed by atoms with van der Waals surface area (Å²) in [6.45, 7) is 4.72. The summed E-state index contributed by atoms with van der Waals surface area (Å²) in [6, 6.07) is 7.54. The first kappa shape index (κ1) is 19.5. The lowest BCUT2D eigenvalue weighted by atomic mass is 10.2. The van der Waals surface area contributed by atoms with Gasteiger partial charge in [0.2, 0.25) is 0 Å². The van der Waals surface area contributed by atoms with Gasteiger partial charge in [-0.15, -0.1) is 22.7 Å². The van der Waals surface area contributed by atoms with Crippen LogP contribution in [0.15, 0.2) is 42.0 Å². The molecule has 0 unspecified atom stereocenters. The van der Waals surface area contributed by atoms with Crippen molar-refractivity contribution in [2.24, 2.45) is 0 Å². The summed E-state index contributed by atoms with van der Waals surface area (Å²) >= 11 is 3.06. The van der Waals surface area contributed by atoms with E-state index < -0.39 is 0 Å². The summed E-state index contributed by atoms with van der Waals surface area (Å²) < 4.78 is 4.98. The van der Waals surface area contributed by atoms with Crippen molar-refractivity contribution in [3.8, 4) is 9.88 Å². The normalized spacial score (nSPS) is 14.1. The molecule has 0 N–H and O–H groups in total. The van der Waals surface area contributed by atoms with Crippen LogP contribution in [0.1, 0.15) is 27.0 Å². The van der Waals surface area contributed by atoms with Gasteiger partial charge in [0.15, 0.2) is 0 Å². The molecular formula is C20H20N4O3S2. The molecule has 3 aromatic heterocycles. The summed E-state index contributed by atoms with van der Waals surface area (Å²) in [6.07, 6.45) is 3.21. The van der Waals surface area contributed by atoms with Gasteiger partial charge in [-0.3, -0.25) is 4.79 Å². The minimum atomic E-state index is -0.367. The van der Waals surface area contributed by atoms with Crippen molar-refractivity contribution in [3.05, 3.63) is 52.5 Å². The quantitative estimate of drug-likeness (QED) is 0.580. The number of nitrogens with zero attached hydrogens (tertiary/aromatic N) is 4. The van der Waals surface area contributed by atoms with Gasteiger partial charge in [0.05, 0.1) is 23.2 Å². The first-order valence-electron chi connectivity index (χ1n) is 9.33. The number of amides is 1. The topological polar surface area (TPSA) is 75.6 Å². The largest absolute Gasteiger partial charge is 0.462 e. The molecule has 0 aliphatic carbocycles. The fourth-order valence-corrected chi connectivity index (χ4v) is 4.78. The molecule has 29 heavy (non-hydrogen) atoms. The maximum atomic E-state index is 12.8. The molecule has 0 spiro atoms. The molecule has 1 aliphatic heterocycles. The zero-order chi connectivity index (χ0) is 20.2. The van der Waals surface area contributed by atoms with Crippen LogP contribution in [0.25, 0.3) is 9.88 Å². The van der Waals surface area contributed by atoms with Crippen LogP contribution in [0.3, 0.4) is 0 Å². The second kappa shape index (κ2) is 8.71. The van der Waals surface area contributed by atoms with Gasteiger partial charge in [-0.25, -0.2) is 14.8 Å². The van der Waals surface area contributed by atoms with Crippen LogP contribution in [0, 0.1) is 0 Å². The fraction of sp³-hybridized carbons (Fsp3) is 0.300. The minimum Gasteiger partial charge on any atom is -0.462 e. The van der Waals surface area contributed by atoms with E-state index in [1.54, 1.807) is 30.5 Å². The number of hydrogen-bond acceptors (Lipinski definition) is 8. The van der Waals surface area contributed by atoms with Crippen LogP contribution < -0.4 is 4.90 Å². The van der Waals surface area contributed by atoms with Crippen molar-refractivity contribution in [1.82, 2.24) is 14.9 Å². The van der Waals surface area contributed by atoms with E-state index in [2.05, 4.69) is 14.9 Å². The summed E-state index contributed by atoms with van der Waals surface area (Å²) in [5.41, 5.74) is 0.441. The predicted molar refractivity (Wildman–Crippen MR) is 114 cm³/mol. The van der Waals surface area contributed by atoms with Crippen LogP contribution in [-0.4, -0.2) is 59.5 Å². The lowest BCUT2D eigenvalue weighted by molar-refractivity contribution is 0.0525. The number of carbonyl (C=O) groups excluding carboxylic acids is 2. The maximum Gasteiger partial charge on any atom is 0.339 e. The number of aromatic nitrogens is 2. The molecule has 1 amide bonds. The summed E-state index contributed by atoms with van der Waals surface area (Å²) in [5, 5.41) is 2.89. The number of thiophene rings is 1. The maximum absolute atomic E-state index is 12.8. The molecular weight excluding hydrogens is 408 g/mol. The van der Waals surface area contributed by atoms with Crippen molar-refractivity contribution in [3.63, 3.8) is 0 Å². The summed E-state index contributed by atoms with van der Waals surface area (Å²) in [4.78, 5) is 39.1. The Morgan fingerprint density at radius 2 is 1.93 bits per heavy atom. The zero-order valence-electron chi connectivity index (χ0n) is 15.9. The average molecular weight is 429 g/mol. The molecule has 4 rings (SSSR count). The van der Waals surface area contributed by atoms with Gasteiger partial charge < -0.3 is 14.5 Å². The van der Waals surface area contributed by atoms with E-state index in [4.69, 9.17) is 4.74 Å². The van der Waals surface area contributed by atoms with Gasteiger partial charge in [-0.05, 0) is 30.5 Å². The highest BCUT2D eigenvalue weighted by atomic mass is 32.1. The molecule has 4 heterocycles. The number of esters is 1. The Bertz CT molecular complexity index is 978. The van der Waals surface area contributed by atoms with E-state index in [1.807, 2.05) is 28.5 Å². The average Bonchev–Trinajstić information content (AvgIpc) is 3.45. The molecule has 9 heteroatoms. The molecule has 0 radical (unpaired) electrons. The number of pyridine rings is 1. The Kier molecular flexibility index (Phi) is 5.86. The highest BCUT2D eigenvalue weighted by molar-refractivity contribution is 7.21. The van der Waals surface area contributed by atoms with E-state index in [0.29, 0.717) is 43.2 Å². The third kappa shape index (κ3) is 4.30. The van der Waals surface area contributed by atoms with Gasteiger partial charge in [-0.2, -0.15) is 0 Å². The number of rotatable bonds is 5.